The number of halogens is 1. The molecule has 0 heterocycles. The van der Waals surface area contributed by atoms with Gasteiger partial charge in [-0.15, -0.1) is 0 Å². The predicted octanol–water partition coefficient (Wildman–Crippen LogP) is 4.32. The van der Waals surface area contributed by atoms with Crippen LogP contribution in [0.15, 0.2) is 48.5 Å². The summed E-state index contributed by atoms with van der Waals surface area (Å²) >= 11 is 6.00. The molecule has 1 aliphatic rings. The number of hydrogen-bond acceptors (Lipinski definition) is 1. The number of rotatable bonds is 3. The molecule has 2 aromatic carbocycles. The van der Waals surface area contributed by atoms with E-state index in [9.17, 15) is 4.79 Å². The van der Waals surface area contributed by atoms with Gasteiger partial charge in [0, 0.05) is 10.7 Å². The van der Waals surface area contributed by atoms with Gasteiger partial charge >= 0.3 is 0 Å². The smallest absolute Gasteiger partial charge is 0.235 e. The molecular weight excluding hydrogens is 270 g/mol. The van der Waals surface area contributed by atoms with Crippen LogP contribution in [0.5, 0.6) is 0 Å². The summed E-state index contributed by atoms with van der Waals surface area (Å²) in [4.78, 5) is 12.6. The topological polar surface area (TPSA) is 29.1 Å². The molecule has 20 heavy (non-hydrogen) atoms. The minimum absolute atomic E-state index is 0.0640. The van der Waals surface area contributed by atoms with Crippen molar-refractivity contribution in [2.75, 3.05) is 5.32 Å². The molecule has 0 aliphatic heterocycles. The second-order valence-corrected chi connectivity index (χ2v) is 5.80. The maximum absolute atomic E-state index is 12.6. The molecule has 1 fully saturated rings. The van der Waals surface area contributed by atoms with Crippen molar-refractivity contribution in [2.45, 2.75) is 25.2 Å². The molecule has 0 saturated heterocycles. The Labute approximate surface area is 123 Å². The van der Waals surface area contributed by atoms with Crippen LogP contribution in [-0.2, 0) is 10.2 Å². The number of carbonyl (C=O) groups is 1. The molecule has 1 aliphatic carbocycles. The van der Waals surface area contributed by atoms with Crippen LogP contribution in [-0.4, -0.2) is 5.91 Å². The second kappa shape index (κ2) is 4.95. The average Bonchev–Trinajstić information content (AvgIpc) is 3.25. The van der Waals surface area contributed by atoms with Gasteiger partial charge in [0.05, 0.1) is 5.41 Å². The number of hydrogen-bond donors (Lipinski definition) is 1. The normalized spacial score (nSPS) is 15.7. The Bertz CT molecular complexity index is 647. The summed E-state index contributed by atoms with van der Waals surface area (Å²) in [6, 6.07) is 15.5. The molecule has 0 atom stereocenters. The van der Waals surface area contributed by atoms with Gasteiger partial charge in [0.1, 0.15) is 0 Å². The van der Waals surface area contributed by atoms with Gasteiger partial charge in [-0.1, -0.05) is 48.0 Å². The molecule has 2 aromatic rings. The summed E-state index contributed by atoms with van der Waals surface area (Å²) < 4.78 is 0. The summed E-state index contributed by atoms with van der Waals surface area (Å²) in [6.07, 6.45) is 1.81. The lowest BCUT2D eigenvalue weighted by atomic mass is 9.95. The zero-order valence-electron chi connectivity index (χ0n) is 11.3. The minimum Gasteiger partial charge on any atom is -0.325 e. The van der Waals surface area contributed by atoms with Gasteiger partial charge in [0.25, 0.3) is 0 Å². The zero-order chi connectivity index (χ0) is 14.2. The molecular formula is C17H16ClNO. The first-order valence-electron chi connectivity index (χ1n) is 6.75. The molecule has 0 aromatic heterocycles. The molecule has 0 unspecified atom stereocenters. The van der Waals surface area contributed by atoms with Gasteiger partial charge < -0.3 is 5.32 Å². The number of nitrogens with one attached hydrogen (secondary N) is 1. The highest BCUT2D eigenvalue weighted by Crippen LogP contribution is 2.49. The van der Waals surface area contributed by atoms with Gasteiger partial charge in [-0.25, -0.2) is 0 Å². The van der Waals surface area contributed by atoms with Gasteiger partial charge in [-0.05, 0) is 43.0 Å². The van der Waals surface area contributed by atoms with Crippen molar-refractivity contribution in [3.8, 4) is 0 Å². The Hall–Kier alpha value is -1.80. The lowest BCUT2D eigenvalue weighted by Gasteiger charge is -2.17. The lowest BCUT2D eigenvalue weighted by Crippen LogP contribution is -2.28. The van der Waals surface area contributed by atoms with Crippen LogP contribution >= 0.6 is 11.6 Å². The third-order valence-corrected chi connectivity index (χ3v) is 4.19. The van der Waals surface area contributed by atoms with Crippen LogP contribution in [0.25, 0.3) is 0 Å². The summed E-state index contributed by atoms with van der Waals surface area (Å²) in [6.45, 7) is 1.97. The summed E-state index contributed by atoms with van der Waals surface area (Å²) in [5.74, 6) is 0.0640. The molecule has 0 bridgehead atoms. The van der Waals surface area contributed by atoms with Crippen molar-refractivity contribution < 1.29 is 4.79 Å². The fourth-order valence-electron chi connectivity index (χ4n) is 2.50. The molecule has 3 rings (SSSR count). The Kier molecular flexibility index (Phi) is 3.27. The molecule has 1 amide bonds. The average molecular weight is 286 g/mol. The largest absolute Gasteiger partial charge is 0.325 e. The van der Waals surface area contributed by atoms with E-state index in [-0.39, 0.29) is 11.3 Å². The van der Waals surface area contributed by atoms with E-state index in [1.54, 1.807) is 6.07 Å². The van der Waals surface area contributed by atoms with Crippen molar-refractivity contribution in [3.63, 3.8) is 0 Å². The number of aryl methyl sites for hydroxylation is 1. The number of carbonyl (C=O) groups excluding carboxylic acids is 1. The van der Waals surface area contributed by atoms with Crippen molar-refractivity contribution in [1.29, 1.82) is 0 Å². The number of amides is 1. The van der Waals surface area contributed by atoms with E-state index in [1.807, 2.05) is 49.4 Å². The van der Waals surface area contributed by atoms with E-state index >= 15 is 0 Å². The van der Waals surface area contributed by atoms with E-state index in [1.165, 1.54) is 0 Å². The first-order chi connectivity index (χ1) is 9.62. The van der Waals surface area contributed by atoms with E-state index in [0.29, 0.717) is 5.02 Å². The Morgan fingerprint density at radius 2 is 1.85 bits per heavy atom. The SMILES string of the molecule is Cc1ccc(Cl)cc1NC(=O)C1(c2ccccc2)CC1. The third kappa shape index (κ3) is 2.32. The van der Waals surface area contributed by atoms with Crippen LogP contribution in [0, 0.1) is 6.92 Å². The van der Waals surface area contributed by atoms with Crippen LogP contribution in [0.2, 0.25) is 5.02 Å². The predicted molar refractivity (Wildman–Crippen MR) is 82.2 cm³/mol. The lowest BCUT2D eigenvalue weighted by molar-refractivity contribution is -0.118. The number of benzene rings is 2. The van der Waals surface area contributed by atoms with Crippen molar-refractivity contribution in [2.24, 2.45) is 0 Å². The molecule has 0 radical (unpaired) electrons. The molecule has 1 N–H and O–H groups in total. The highest BCUT2D eigenvalue weighted by molar-refractivity contribution is 6.31. The minimum atomic E-state index is -0.351. The maximum atomic E-state index is 12.6. The van der Waals surface area contributed by atoms with Crippen molar-refractivity contribution in [1.82, 2.24) is 0 Å². The zero-order valence-corrected chi connectivity index (χ0v) is 12.1. The summed E-state index contributed by atoms with van der Waals surface area (Å²) in [7, 11) is 0. The molecule has 1 saturated carbocycles. The van der Waals surface area contributed by atoms with Gasteiger partial charge in [0.15, 0.2) is 0 Å². The monoisotopic (exact) mass is 285 g/mol. The quantitative estimate of drug-likeness (QED) is 0.894. The summed E-state index contributed by atoms with van der Waals surface area (Å²) in [5, 5.41) is 3.66. The third-order valence-electron chi connectivity index (χ3n) is 3.96. The number of anilines is 1. The highest BCUT2D eigenvalue weighted by atomic mass is 35.5. The van der Waals surface area contributed by atoms with Crippen LogP contribution < -0.4 is 5.32 Å². The van der Waals surface area contributed by atoms with E-state index in [0.717, 1.165) is 29.7 Å². The Morgan fingerprint density at radius 1 is 1.15 bits per heavy atom. The molecule has 2 nitrogen and oxygen atoms in total. The fraction of sp³-hybridized carbons (Fsp3) is 0.235. The van der Waals surface area contributed by atoms with Crippen molar-refractivity contribution >= 4 is 23.2 Å². The first-order valence-corrected chi connectivity index (χ1v) is 7.13. The molecule has 0 spiro atoms. The van der Waals surface area contributed by atoms with Gasteiger partial charge in [-0.2, -0.15) is 0 Å². The standard InChI is InChI=1S/C17H16ClNO/c1-12-7-8-14(18)11-15(12)19-16(20)17(9-10-17)13-5-3-2-4-6-13/h2-8,11H,9-10H2,1H3,(H,19,20). The van der Waals surface area contributed by atoms with E-state index in [2.05, 4.69) is 5.32 Å². The van der Waals surface area contributed by atoms with Gasteiger partial charge in [0.2, 0.25) is 5.91 Å². The Balaban J connectivity index is 1.85. The van der Waals surface area contributed by atoms with Crippen LogP contribution in [0.4, 0.5) is 5.69 Å². The Morgan fingerprint density at radius 3 is 2.50 bits per heavy atom. The van der Waals surface area contributed by atoms with Crippen molar-refractivity contribution in [3.05, 3.63) is 64.7 Å². The molecule has 102 valence electrons. The fourth-order valence-corrected chi connectivity index (χ4v) is 2.67. The first kappa shape index (κ1) is 13.2. The van der Waals surface area contributed by atoms with Crippen LogP contribution in [0.3, 0.4) is 0 Å². The van der Waals surface area contributed by atoms with E-state index < -0.39 is 0 Å². The molecule has 3 heteroatoms. The van der Waals surface area contributed by atoms with Gasteiger partial charge in [-0.3, -0.25) is 4.79 Å². The second-order valence-electron chi connectivity index (χ2n) is 5.36. The van der Waals surface area contributed by atoms with E-state index in [4.69, 9.17) is 11.6 Å². The summed E-state index contributed by atoms with van der Waals surface area (Å²) in [5.41, 5.74) is 2.56. The van der Waals surface area contributed by atoms with Crippen LogP contribution in [0.1, 0.15) is 24.0 Å². The highest BCUT2D eigenvalue weighted by Gasteiger charge is 2.51. The maximum Gasteiger partial charge on any atom is 0.235 e.